The normalized spacial score (nSPS) is 12.0. The van der Waals surface area contributed by atoms with Crippen LogP contribution in [0.2, 0.25) is 0 Å². The van der Waals surface area contributed by atoms with Crippen LogP contribution in [0.25, 0.3) is 0 Å². The van der Waals surface area contributed by atoms with Crippen LogP contribution < -0.4 is 34.7 Å². The van der Waals surface area contributed by atoms with E-state index in [2.05, 4.69) is 11.6 Å². The fraction of sp³-hybridized carbons (Fsp3) is 0.786. The fourth-order valence-electron chi connectivity index (χ4n) is 1.80. The van der Waals surface area contributed by atoms with E-state index in [1.54, 1.807) is 0 Å². The number of hydrogen-bond acceptors (Lipinski definition) is 4. The van der Waals surface area contributed by atoms with Crippen LogP contribution in [-0.4, -0.2) is 31.2 Å². The Bertz CT molecular complexity index is 382. The molecule has 0 bridgehead atoms. The summed E-state index contributed by atoms with van der Waals surface area (Å²) in [5, 5.41) is 11.4. The number of rotatable bonds is 13. The maximum Gasteiger partial charge on any atom is 1.00 e. The topological polar surface area (TPSA) is 89.8 Å². The maximum absolute atomic E-state index is 11.4. The van der Waals surface area contributed by atoms with E-state index in [0.717, 1.165) is 25.7 Å². The minimum atomic E-state index is -3.93. The monoisotopic (exact) mass is 327 g/mol. The van der Waals surface area contributed by atoms with Gasteiger partial charge in [-0.15, -0.1) is 6.58 Å². The van der Waals surface area contributed by atoms with Crippen molar-refractivity contribution < 1.29 is 47.6 Å². The van der Waals surface area contributed by atoms with Gasteiger partial charge in [-0.25, -0.2) is 0 Å². The van der Waals surface area contributed by atoms with E-state index in [1.807, 2.05) is 6.08 Å². The Morgan fingerprint density at radius 3 is 2.24 bits per heavy atom. The molecule has 7 heteroatoms. The van der Waals surface area contributed by atoms with Gasteiger partial charge in [0.25, 0.3) is 10.1 Å². The summed E-state index contributed by atoms with van der Waals surface area (Å²) >= 11 is 0. The summed E-state index contributed by atoms with van der Waals surface area (Å²) in [7, 11) is -3.93. The van der Waals surface area contributed by atoms with E-state index >= 15 is 0 Å². The molecule has 0 aliphatic rings. The first kappa shape index (κ1) is 23.4. The standard InChI is InChI=1S/C14H27NO4S.Na/c1-2-3-4-5-6-7-8-9-11-14(16)15-12-10-13-20(17,18)19;/h2H,1,3-13H2,(H,15,16)(H,17,18,19);/q;+1/p-1. The molecular weight excluding hydrogens is 301 g/mol. The number of nitrogens with zero attached hydrogens (tertiary/aromatic N) is 1. The van der Waals surface area contributed by atoms with Gasteiger partial charge >= 0.3 is 29.6 Å². The first-order chi connectivity index (χ1) is 9.45. The second-order valence-electron chi connectivity index (χ2n) is 4.86. The molecule has 0 saturated heterocycles. The van der Waals surface area contributed by atoms with Crippen molar-refractivity contribution in [3.63, 3.8) is 0 Å². The zero-order valence-electron chi connectivity index (χ0n) is 13.1. The Hall–Kier alpha value is 0.120. The third kappa shape index (κ3) is 20.1. The van der Waals surface area contributed by atoms with Crippen molar-refractivity contribution in [2.45, 2.75) is 57.8 Å². The van der Waals surface area contributed by atoms with E-state index in [4.69, 9.17) is 4.55 Å². The van der Waals surface area contributed by atoms with E-state index in [9.17, 15) is 13.5 Å². The average molecular weight is 327 g/mol. The summed E-state index contributed by atoms with van der Waals surface area (Å²) in [6, 6.07) is 0. The van der Waals surface area contributed by atoms with Crippen molar-refractivity contribution >= 4 is 16.0 Å². The SMILES string of the molecule is C=CCCCCCCCCC([O-])=NCCCS(=O)(=O)O.[Na+]. The molecule has 0 aromatic carbocycles. The summed E-state index contributed by atoms with van der Waals surface area (Å²) < 4.78 is 29.4. The summed E-state index contributed by atoms with van der Waals surface area (Å²) in [6.45, 7) is 3.84. The molecule has 5 nitrogen and oxygen atoms in total. The van der Waals surface area contributed by atoms with E-state index in [1.165, 1.54) is 19.3 Å². The Kier molecular flexibility index (Phi) is 16.7. The Morgan fingerprint density at radius 1 is 1.10 bits per heavy atom. The molecule has 118 valence electrons. The molecule has 0 aromatic rings. The predicted octanol–water partition coefficient (Wildman–Crippen LogP) is -0.666. The van der Waals surface area contributed by atoms with Crippen LogP contribution in [0.4, 0.5) is 0 Å². The molecule has 0 amide bonds. The third-order valence-corrected chi connectivity index (χ3v) is 3.70. The summed E-state index contributed by atoms with van der Waals surface area (Å²) in [5.74, 6) is -0.513. The van der Waals surface area contributed by atoms with E-state index < -0.39 is 10.1 Å². The molecule has 0 heterocycles. The number of hydrogen-bond donors (Lipinski definition) is 1. The number of allylic oxidation sites excluding steroid dienone is 1. The number of aliphatic imine (C=N–C) groups is 1. The summed E-state index contributed by atoms with van der Waals surface area (Å²) in [5.41, 5.74) is 0. The molecule has 1 N–H and O–H groups in total. The van der Waals surface area contributed by atoms with Crippen LogP contribution in [0.3, 0.4) is 0 Å². The van der Waals surface area contributed by atoms with Gasteiger partial charge in [-0.1, -0.05) is 31.8 Å². The maximum atomic E-state index is 11.4. The second kappa shape index (κ2) is 15.0. The van der Waals surface area contributed by atoms with Gasteiger partial charge in [0.1, 0.15) is 0 Å². The van der Waals surface area contributed by atoms with Gasteiger partial charge in [-0.2, -0.15) is 8.42 Å². The van der Waals surface area contributed by atoms with Gasteiger partial charge in [0.05, 0.1) is 5.75 Å². The fourth-order valence-corrected chi connectivity index (χ4v) is 2.30. The zero-order chi connectivity index (χ0) is 15.3. The molecule has 0 unspecified atom stereocenters. The molecule has 0 aliphatic heterocycles. The van der Waals surface area contributed by atoms with Crippen molar-refractivity contribution in [3.8, 4) is 0 Å². The second-order valence-corrected chi connectivity index (χ2v) is 6.44. The van der Waals surface area contributed by atoms with Crippen molar-refractivity contribution in [1.82, 2.24) is 0 Å². The van der Waals surface area contributed by atoms with Gasteiger partial charge in [-0.3, -0.25) is 4.55 Å². The first-order valence-electron chi connectivity index (χ1n) is 7.22. The van der Waals surface area contributed by atoms with Gasteiger partial charge in [0.15, 0.2) is 0 Å². The van der Waals surface area contributed by atoms with E-state index in [-0.39, 0.29) is 54.2 Å². The molecule has 0 saturated carbocycles. The quantitative estimate of drug-likeness (QED) is 0.121. The largest absolute Gasteiger partial charge is 1.00 e. The van der Waals surface area contributed by atoms with Crippen LogP contribution in [0.5, 0.6) is 0 Å². The molecule has 0 fully saturated rings. The summed E-state index contributed by atoms with van der Waals surface area (Å²) in [6.07, 6.45) is 10.2. The molecule has 0 rings (SSSR count). The minimum absolute atomic E-state index is 0. The molecule has 0 radical (unpaired) electrons. The van der Waals surface area contributed by atoms with Gasteiger partial charge < -0.3 is 10.1 Å². The Morgan fingerprint density at radius 2 is 1.67 bits per heavy atom. The van der Waals surface area contributed by atoms with Gasteiger partial charge in [-0.05, 0) is 38.0 Å². The van der Waals surface area contributed by atoms with Crippen LogP contribution in [-0.2, 0) is 10.1 Å². The van der Waals surface area contributed by atoms with Crippen LogP contribution >= 0.6 is 0 Å². The minimum Gasteiger partial charge on any atom is -0.862 e. The van der Waals surface area contributed by atoms with Crippen LogP contribution in [0, 0.1) is 0 Å². The van der Waals surface area contributed by atoms with Crippen molar-refractivity contribution in [2.75, 3.05) is 12.3 Å². The summed E-state index contributed by atoms with van der Waals surface area (Å²) in [4.78, 5) is 3.76. The van der Waals surface area contributed by atoms with Gasteiger partial charge in [0.2, 0.25) is 0 Å². The van der Waals surface area contributed by atoms with Crippen molar-refractivity contribution in [2.24, 2.45) is 4.99 Å². The number of unbranched alkanes of at least 4 members (excludes halogenated alkanes) is 6. The molecule has 0 aromatic heterocycles. The van der Waals surface area contributed by atoms with Crippen LogP contribution in [0.15, 0.2) is 17.6 Å². The van der Waals surface area contributed by atoms with E-state index in [0.29, 0.717) is 6.42 Å². The van der Waals surface area contributed by atoms with Crippen LogP contribution in [0.1, 0.15) is 57.8 Å². The third-order valence-electron chi connectivity index (χ3n) is 2.90. The Labute approximate surface area is 151 Å². The predicted molar refractivity (Wildman–Crippen MR) is 80.5 cm³/mol. The Balaban J connectivity index is 0. The first-order valence-corrected chi connectivity index (χ1v) is 8.83. The van der Waals surface area contributed by atoms with Crippen molar-refractivity contribution in [3.05, 3.63) is 12.7 Å². The average Bonchev–Trinajstić information content (AvgIpc) is 2.37. The van der Waals surface area contributed by atoms with Gasteiger partial charge in [0, 0.05) is 6.54 Å². The zero-order valence-corrected chi connectivity index (χ0v) is 15.9. The molecular formula is C14H26NNaO4S. The molecule has 21 heavy (non-hydrogen) atoms. The van der Waals surface area contributed by atoms with Crippen molar-refractivity contribution in [1.29, 1.82) is 0 Å². The molecule has 0 atom stereocenters. The molecule has 0 aliphatic carbocycles. The molecule has 0 spiro atoms. The smallest absolute Gasteiger partial charge is 0.862 e.